The molecule has 0 amide bonds. The fraction of sp³-hybridized carbons (Fsp3) is 0.667. The Balaban J connectivity index is 1.40. The molecule has 0 bridgehead atoms. The van der Waals surface area contributed by atoms with Gasteiger partial charge in [0.1, 0.15) is 5.75 Å². The van der Waals surface area contributed by atoms with Crippen molar-refractivity contribution in [2.75, 3.05) is 13.2 Å². The van der Waals surface area contributed by atoms with Gasteiger partial charge in [0.2, 0.25) is 0 Å². The molecule has 2 fully saturated rings. The highest BCUT2D eigenvalue weighted by atomic mass is 16.5. The second-order valence-corrected chi connectivity index (χ2v) is 6.85. The maximum atomic E-state index is 5.82. The van der Waals surface area contributed by atoms with E-state index in [4.69, 9.17) is 4.74 Å². The number of benzene rings is 1. The molecule has 1 aromatic carbocycles. The normalized spacial score (nSPS) is 21.4. The van der Waals surface area contributed by atoms with Crippen LogP contribution in [0, 0.1) is 11.3 Å². The Hall–Kier alpha value is -1.02. The van der Waals surface area contributed by atoms with Gasteiger partial charge in [0.05, 0.1) is 6.61 Å². The Morgan fingerprint density at radius 2 is 1.90 bits per heavy atom. The first-order valence-corrected chi connectivity index (χ1v) is 8.17. The van der Waals surface area contributed by atoms with Gasteiger partial charge in [0.15, 0.2) is 0 Å². The molecule has 0 aromatic heterocycles. The fourth-order valence-corrected chi connectivity index (χ4v) is 3.06. The maximum Gasteiger partial charge on any atom is 0.119 e. The van der Waals surface area contributed by atoms with Crippen LogP contribution in [0.4, 0.5) is 0 Å². The summed E-state index contributed by atoms with van der Waals surface area (Å²) < 4.78 is 5.82. The van der Waals surface area contributed by atoms with Crippen LogP contribution in [0.25, 0.3) is 0 Å². The van der Waals surface area contributed by atoms with Crippen LogP contribution in [-0.4, -0.2) is 19.2 Å². The van der Waals surface area contributed by atoms with Gasteiger partial charge in [-0.1, -0.05) is 25.1 Å². The number of nitrogens with one attached hydrogen (secondary N) is 1. The molecule has 0 radical (unpaired) electrons. The van der Waals surface area contributed by atoms with Gasteiger partial charge >= 0.3 is 0 Å². The molecule has 0 saturated heterocycles. The molecule has 2 aliphatic rings. The lowest BCUT2D eigenvalue weighted by Gasteiger charge is -2.30. The Morgan fingerprint density at radius 1 is 1.15 bits per heavy atom. The molecule has 2 aliphatic carbocycles. The number of hydrogen-bond acceptors (Lipinski definition) is 2. The molecule has 1 atom stereocenters. The number of para-hydroxylation sites is 1. The summed E-state index contributed by atoms with van der Waals surface area (Å²) in [5.74, 6) is 1.95. The number of ether oxygens (including phenoxy) is 1. The molecular formula is C18H27NO. The van der Waals surface area contributed by atoms with Gasteiger partial charge in [-0.2, -0.15) is 0 Å². The van der Waals surface area contributed by atoms with E-state index in [9.17, 15) is 0 Å². The molecule has 1 aromatic rings. The molecule has 0 spiro atoms. The van der Waals surface area contributed by atoms with E-state index in [0.717, 1.165) is 30.7 Å². The van der Waals surface area contributed by atoms with E-state index in [1.165, 1.54) is 38.6 Å². The summed E-state index contributed by atoms with van der Waals surface area (Å²) >= 11 is 0. The minimum Gasteiger partial charge on any atom is -0.494 e. The smallest absolute Gasteiger partial charge is 0.119 e. The van der Waals surface area contributed by atoms with E-state index in [1.54, 1.807) is 0 Å². The zero-order valence-corrected chi connectivity index (χ0v) is 12.6. The third-order valence-electron chi connectivity index (χ3n) is 4.84. The molecule has 2 nitrogen and oxygen atoms in total. The van der Waals surface area contributed by atoms with Gasteiger partial charge in [0.25, 0.3) is 0 Å². The van der Waals surface area contributed by atoms with Gasteiger partial charge in [-0.3, -0.25) is 0 Å². The summed E-state index contributed by atoms with van der Waals surface area (Å²) in [4.78, 5) is 0. The fourth-order valence-electron chi connectivity index (χ4n) is 3.06. The first-order valence-electron chi connectivity index (χ1n) is 8.17. The first kappa shape index (κ1) is 13.9. The van der Waals surface area contributed by atoms with Crippen LogP contribution in [0.15, 0.2) is 30.3 Å². The Morgan fingerprint density at radius 3 is 2.55 bits per heavy atom. The summed E-state index contributed by atoms with van der Waals surface area (Å²) in [5, 5.41) is 3.74. The second-order valence-electron chi connectivity index (χ2n) is 6.85. The molecule has 0 aliphatic heterocycles. The van der Waals surface area contributed by atoms with E-state index in [0.29, 0.717) is 5.41 Å². The largest absolute Gasteiger partial charge is 0.494 e. The monoisotopic (exact) mass is 273 g/mol. The van der Waals surface area contributed by atoms with Crippen LogP contribution in [0.5, 0.6) is 5.75 Å². The van der Waals surface area contributed by atoms with Gasteiger partial charge in [-0.15, -0.1) is 0 Å². The Kier molecular flexibility index (Phi) is 4.30. The van der Waals surface area contributed by atoms with Crippen LogP contribution in [0.2, 0.25) is 0 Å². The van der Waals surface area contributed by atoms with Gasteiger partial charge in [-0.05, 0) is 62.0 Å². The minimum absolute atomic E-state index is 0.489. The highest BCUT2D eigenvalue weighted by molar-refractivity contribution is 5.20. The molecular weight excluding hydrogens is 246 g/mol. The predicted octanol–water partition coefficient (Wildman–Crippen LogP) is 4.01. The maximum absolute atomic E-state index is 5.82. The SMILES string of the molecule is CC(CCCOc1ccccc1)(CNC1CC1)C1CC1. The van der Waals surface area contributed by atoms with Crippen molar-refractivity contribution in [3.63, 3.8) is 0 Å². The van der Waals surface area contributed by atoms with Crippen molar-refractivity contribution in [3.05, 3.63) is 30.3 Å². The summed E-state index contributed by atoms with van der Waals surface area (Å²) in [6.45, 7) is 4.52. The van der Waals surface area contributed by atoms with Crippen LogP contribution in [0.3, 0.4) is 0 Å². The van der Waals surface area contributed by atoms with Gasteiger partial charge < -0.3 is 10.1 Å². The summed E-state index contributed by atoms with van der Waals surface area (Å²) in [6, 6.07) is 11.0. The summed E-state index contributed by atoms with van der Waals surface area (Å²) in [7, 11) is 0. The van der Waals surface area contributed by atoms with Crippen molar-refractivity contribution < 1.29 is 4.74 Å². The number of hydrogen-bond donors (Lipinski definition) is 1. The average Bonchev–Trinajstić information content (AvgIpc) is 3.35. The van der Waals surface area contributed by atoms with E-state index in [1.807, 2.05) is 30.3 Å². The van der Waals surface area contributed by atoms with Crippen molar-refractivity contribution in [1.82, 2.24) is 5.32 Å². The minimum atomic E-state index is 0.489. The highest BCUT2D eigenvalue weighted by Crippen LogP contribution is 2.48. The lowest BCUT2D eigenvalue weighted by molar-refractivity contribution is 0.204. The van der Waals surface area contributed by atoms with E-state index in [2.05, 4.69) is 12.2 Å². The summed E-state index contributed by atoms with van der Waals surface area (Å²) in [6.07, 6.45) is 8.08. The van der Waals surface area contributed by atoms with Crippen LogP contribution >= 0.6 is 0 Å². The van der Waals surface area contributed by atoms with Crippen molar-refractivity contribution in [2.24, 2.45) is 11.3 Å². The molecule has 20 heavy (non-hydrogen) atoms. The van der Waals surface area contributed by atoms with Crippen molar-refractivity contribution in [1.29, 1.82) is 0 Å². The van der Waals surface area contributed by atoms with Gasteiger partial charge in [-0.25, -0.2) is 0 Å². The third kappa shape index (κ3) is 3.99. The highest BCUT2D eigenvalue weighted by Gasteiger charge is 2.41. The van der Waals surface area contributed by atoms with E-state index in [-0.39, 0.29) is 0 Å². The van der Waals surface area contributed by atoms with Crippen LogP contribution < -0.4 is 10.1 Å². The van der Waals surface area contributed by atoms with Crippen molar-refractivity contribution in [2.45, 2.75) is 51.5 Å². The lowest BCUT2D eigenvalue weighted by Crippen LogP contribution is -2.35. The van der Waals surface area contributed by atoms with Crippen LogP contribution in [0.1, 0.15) is 45.4 Å². The second kappa shape index (κ2) is 6.17. The first-order chi connectivity index (χ1) is 9.76. The average molecular weight is 273 g/mol. The molecule has 0 heterocycles. The quantitative estimate of drug-likeness (QED) is 0.686. The zero-order valence-electron chi connectivity index (χ0n) is 12.6. The summed E-state index contributed by atoms with van der Waals surface area (Å²) in [5.41, 5.74) is 0.489. The molecule has 1 N–H and O–H groups in total. The topological polar surface area (TPSA) is 21.3 Å². The standard InChI is InChI=1S/C18H27NO/c1-18(15-8-9-15,14-19-16-10-11-16)12-5-13-20-17-6-3-2-4-7-17/h2-4,6-7,15-16,19H,5,8-14H2,1H3. The number of rotatable bonds is 9. The Labute approximate surface area is 122 Å². The van der Waals surface area contributed by atoms with Crippen LogP contribution in [-0.2, 0) is 0 Å². The molecule has 2 heteroatoms. The van der Waals surface area contributed by atoms with Crippen molar-refractivity contribution >= 4 is 0 Å². The molecule has 110 valence electrons. The zero-order chi connectivity index (χ0) is 13.8. The molecule has 1 unspecified atom stereocenters. The van der Waals surface area contributed by atoms with Crippen molar-refractivity contribution in [3.8, 4) is 5.75 Å². The third-order valence-corrected chi connectivity index (χ3v) is 4.84. The lowest BCUT2D eigenvalue weighted by atomic mass is 9.80. The molecule has 2 saturated carbocycles. The predicted molar refractivity (Wildman–Crippen MR) is 83.0 cm³/mol. The van der Waals surface area contributed by atoms with E-state index >= 15 is 0 Å². The van der Waals surface area contributed by atoms with Gasteiger partial charge in [0, 0.05) is 12.6 Å². The van der Waals surface area contributed by atoms with E-state index < -0.39 is 0 Å². The Bertz CT molecular complexity index is 411. The molecule has 3 rings (SSSR count).